The molecule has 0 heterocycles. The van der Waals surface area contributed by atoms with Gasteiger partial charge in [0.2, 0.25) is 0 Å². The maximum absolute atomic E-state index is 12.1. The van der Waals surface area contributed by atoms with Crippen LogP contribution in [-0.2, 0) is 11.2 Å². The summed E-state index contributed by atoms with van der Waals surface area (Å²) in [5.74, 6) is 0.557. The van der Waals surface area contributed by atoms with Crippen LogP contribution in [0.2, 0.25) is 5.02 Å². The van der Waals surface area contributed by atoms with Crippen molar-refractivity contribution in [2.45, 2.75) is 26.4 Å². The molecule has 110 valence electrons. The highest BCUT2D eigenvalue weighted by Gasteiger charge is 2.16. The Morgan fingerprint density at radius 1 is 1.19 bits per heavy atom. The van der Waals surface area contributed by atoms with E-state index in [2.05, 4.69) is 12.2 Å². The monoisotopic (exact) mass is 303 g/mol. The van der Waals surface area contributed by atoms with Crippen LogP contribution in [0, 0.1) is 0 Å². The maximum Gasteiger partial charge on any atom is 0.265 e. The smallest absolute Gasteiger partial charge is 0.265 e. The third-order valence-corrected chi connectivity index (χ3v) is 3.39. The highest BCUT2D eigenvalue weighted by molar-refractivity contribution is 6.30. The first kappa shape index (κ1) is 15.4. The normalized spacial score (nSPS) is 11.8. The zero-order valence-corrected chi connectivity index (χ0v) is 12.9. The third kappa shape index (κ3) is 4.23. The van der Waals surface area contributed by atoms with E-state index in [1.807, 2.05) is 24.3 Å². The minimum atomic E-state index is -0.576. The van der Waals surface area contributed by atoms with Crippen LogP contribution in [0.5, 0.6) is 5.75 Å². The number of anilines is 1. The van der Waals surface area contributed by atoms with Crippen LogP contribution in [0.1, 0.15) is 19.4 Å². The van der Waals surface area contributed by atoms with Crippen molar-refractivity contribution in [3.05, 3.63) is 59.1 Å². The van der Waals surface area contributed by atoms with Crippen LogP contribution in [0.25, 0.3) is 0 Å². The lowest BCUT2D eigenvalue weighted by molar-refractivity contribution is -0.122. The highest BCUT2D eigenvalue weighted by atomic mass is 35.5. The molecule has 21 heavy (non-hydrogen) atoms. The van der Waals surface area contributed by atoms with Gasteiger partial charge in [0.05, 0.1) is 0 Å². The van der Waals surface area contributed by atoms with Crippen LogP contribution >= 0.6 is 11.6 Å². The number of carbonyl (C=O) groups is 1. The van der Waals surface area contributed by atoms with Crippen LogP contribution in [0.15, 0.2) is 48.5 Å². The lowest BCUT2D eigenvalue weighted by Crippen LogP contribution is -2.30. The number of hydrogen-bond acceptors (Lipinski definition) is 2. The fraction of sp³-hybridized carbons (Fsp3) is 0.235. The number of carbonyl (C=O) groups excluding carboxylic acids is 1. The molecule has 2 aromatic rings. The zero-order chi connectivity index (χ0) is 15.2. The van der Waals surface area contributed by atoms with Gasteiger partial charge in [-0.2, -0.15) is 0 Å². The van der Waals surface area contributed by atoms with E-state index in [0.717, 1.165) is 17.7 Å². The molecule has 3 nitrogen and oxygen atoms in total. The second-order valence-corrected chi connectivity index (χ2v) is 5.15. The topological polar surface area (TPSA) is 38.3 Å². The van der Waals surface area contributed by atoms with Gasteiger partial charge in [0.25, 0.3) is 5.91 Å². The Morgan fingerprint density at radius 2 is 1.86 bits per heavy atom. The molecular formula is C17H18ClNO2. The van der Waals surface area contributed by atoms with Gasteiger partial charge in [0, 0.05) is 10.7 Å². The van der Waals surface area contributed by atoms with Crippen LogP contribution in [0.3, 0.4) is 0 Å². The van der Waals surface area contributed by atoms with Crippen molar-refractivity contribution >= 4 is 23.2 Å². The largest absolute Gasteiger partial charge is 0.481 e. The number of hydrogen-bond donors (Lipinski definition) is 1. The third-order valence-electron chi connectivity index (χ3n) is 3.14. The van der Waals surface area contributed by atoms with Crippen LogP contribution in [0.4, 0.5) is 5.69 Å². The summed E-state index contributed by atoms with van der Waals surface area (Å²) in [6.07, 6.45) is 0.287. The Kier molecular flexibility index (Phi) is 5.23. The summed E-state index contributed by atoms with van der Waals surface area (Å²) >= 11 is 5.81. The SMILES string of the molecule is CCc1ccccc1O[C@H](C)C(=O)Nc1ccc(Cl)cc1. The van der Waals surface area contributed by atoms with E-state index < -0.39 is 6.10 Å². The average molecular weight is 304 g/mol. The molecular weight excluding hydrogens is 286 g/mol. The van der Waals surface area contributed by atoms with Crippen molar-refractivity contribution in [2.75, 3.05) is 5.32 Å². The van der Waals surface area contributed by atoms with Gasteiger partial charge in [-0.3, -0.25) is 4.79 Å². The molecule has 0 aliphatic carbocycles. The molecule has 0 unspecified atom stereocenters. The van der Waals surface area contributed by atoms with Crippen LogP contribution in [-0.4, -0.2) is 12.0 Å². The number of halogens is 1. The molecule has 2 aromatic carbocycles. The summed E-state index contributed by atoms with van der Waals surface area (Å²) in [5, 5.41) is 3.44. The molecule has 1 atom stereocenters. The second-order valence-electron chi connectivity index (χ2n) is 4.72. The summed E-state index contributed by atoms with van der Waals surface area (Å²) in [6, 6.07) is 14.7. The van der Waals surface area contributed by atoms with E-state index in [-0.39, 0.29) is 5.91 Å². The Labute approximate surface area is 129 Å². The van der Waals surface area contributed by atoms with E-state index in [0.29, 0.717) is 10.7 Å². The molecule has 0 saturated carbocycles. The van der Waals surface area contributed by atoms with Crippen molar-refractivity contribution in [1.29, 1.82) is 0 Å². The fourth-order valence-corrected chi connectivity index (χ4v) is 2.06. The minimum Gasteiger partial charge on any atom is -0.481 e. The fourth-order valence-electron chi connectivity index (χ4n) is 1.93. The molecule has 2 rings (SSSR count). The predicted octanol–water partition coefficient (Wildman–Crippen LogP) is 4.31. The summed E-state index contributed by atoms with van der Waals surface area (Å²) in [4.78, 5) is 12.1. The standard InChI is InChI=1S/C17H18ClNO2/c1-3-13-6-4-5-7-16(13)21-12(2)17(20)19-15-10-8-14(18)9-11-15/h4-12H,3H2,1-2H3,(H,19,20)/t12-/m1/s1. The van der Waals surface area contributed by atoms with E-state index in [9.17, 15) is 4.79 Å². The predicted molar refractivity (Wildman–Crippen MR) is 86.0 cm³/mol. The minimum absolute atomic E-state index is 0.191. The second kappa shape index (κ2) is 7.14. The van der Waals surface area contributed by atoms with E-state index in [1.165, 1.54) is 0 Å². The molecule has 1 amide bonds. The first-order valence-electron chi connectivity index (χ1n) is 6.91. The summed E-state index contributed by atoms with van der Waals surface area (Å²) < 4.78 is 5.76. The van der Waals surface area contributed by atoms with Gasteiger partial charge in [-0.15, -0.1) is 0 Å². The number of aryl methyl sites for hydroxylation is 1. The van der Waals surface area contributed by atoms with Crippen molar-refractivity contribution in [3.63, 3.8) is 0 Å². The van der Waals surface area contributed by atoms with Crippen LogP contribution < -0.4 is 10.1 Å². The van der Waals surface area contributed by atoms with E-state index in [1.54, 1.807) is 31.2 Å². The molecule has 0 spiro atoms. The van der Waals surface area contributed by atoms with Crippen molar-refractivity contribution in [3.8, 4) is 5.75 Å². The Hall–Kier alpha value is -2.00. The summed E-state index contributed by atoms with van der Waals surface area (Å²) in [5.41, 5.74) is 1.78. The Balaban J connectivity index is 2.01. The first-order valence-corrected chi connectivity index (χ1v) is 7.29. The van der Waals surface area contributed by atoms with E-state index in [4.69, 9.17) is 16.3 Å². The molecule has 1 N–H and O–H groups in total. The maximum atomic E-state index is 12.1. The Bertz CT molecular complexity index is 610. The van der Waals surface area contributed by atoms with Gasteiger partial charge in [-0.25, -0.2) is 0 Å². The average Bonchev–Trinajstić information content (AvgIpc) is 2.50. The van der Waals surface area contributed by atoms with Gasteiger partial charge in [0.15, 0.2) is 6.10 Å². The number of amides is 1. The quantitative estimate of drug-likeness (QED) is 0.894. The van der Waals surface area contributed by atoms with Crippen molar-refractivity contribution in [2.24, 2.45) is 0 Å². The number of para-hydroxylation sites is 1. The molecule has 0 aliphatic heterocycles. The van der Waals surface area contributed by atoms with Gasteiger partial charge in [-0.05, 0) is 49.2 Å². The molecule has 0 radical (unpaired) electrons. The van der Waals surface area contributed by atoms with Crippen molar-refractivity contribution < 1.29 is 9.53 Å². The molecule has 0 aromatic heterocycles. The number of nitrogens with one attached hydrogen (secondary N) is 1. The van der Waals surface area contributed by atoms with Gasteiger partial charge in [-0.1, -0.05) is 36.7 Å². The van der Waals surface area contributed by atoms with Gasteiger partial charge in [0.1, 0.15) is 5.75 Å². The molecule has 0 aliphatic rings. The Morgan fingerprint density at radius 3 is 2.52 bits per heavy atom. The van der Waals surface area contributed by atoms with Crippen molar-refractivity contribution in [1.82, 2.24) is 0 Å². The highest BCUT2D eigenvalue weighted by Crippen LogP contribution is 2.20. The lowest BCUT2D eigenvalue weighted by atomic mass is 10.1. The van der Waals surface area contributed by atoms with E-state index >= 15 is 0 Å². The molecule has 0 bridgehead atoms. The molecule has 4 heteroatoms. The summed E-state index contributed by atoms with van der Waals surface area (Å²) in [6.45, 7) is 3.79. The number of rotatable bonds is 5. The van der Waals surface area contributed by atoms with Gasteiger partial charge < -0.3 is 10.1 Å². The van der Waals surface area contributed by atoms with Gasteiger partial charge >= 0.3 is 0 Å². The first-order chi connectivity index (χ1) is 10.1. The summed E-state index contributed by atoms with van der Waals surface area (Å²) in [7, 11) is 0. The number of ether oxygens (including phenoxy) is 1. The molecule has 0 fully saturated rings. The number of benzene rings is 2. The lowest BCUT2D eigenvalue weighted by Gasteiger charge is -2.16. The zero-order valence-electron chi connectivity index (χ0n) is 12.1. The molecule has 0 saturated heterocycles.